The molecule has 0 saturated heterocycles. The zero-order valence-electron chi connectivity index (χ0n) is 3.86. The van der Waals surface area contributed by atoms with Gasteiger partial charge in [0, 0.05) is 6.42 Å². The van der Waals surface area contributed by atoms with E-state index in [1.54, 1.807) is 6.92 Å². The average Bonchev–Trinajstić information content (AvgIpc) is 1.61. The Morgan fingerprint density at radius 3 is 2.50 bits per heavy atom. The third-order valence-corrected chi connectivity index (χ3v) is 0.414. The first kappa shape index (κ1) is 5.52. The second-order valence-corrected chi connectivity index (χ2v) is 0.900. The normalized spacial score (nSPS) is 6.33. The molecule has 0 unspecified atom stereocenters. The molecule has 34 valence electrons. The monoisotopic (exact) mass is 84.1 g/mol. The van der Waals surface area contributed by atoms with Gasteiger partial charge in [-0.05, 0) is 6.92 Å². The lowest BCUT2D eigenvalue weighted by Gasteiger charge is -1.72. The molecule has 0 atom stereocenters. The van der Waals surface area contributed by atoms with Crippen molar-refractivity contribution in [3.05, 3.63) is 0 Å². The van der Waals surface area contributed by atoms with Gasteiger partial charge in [0.15, 0.2) is 0 Å². The molecular weight excluding hydrogens is 76.1 g/mol. The summed E-state index contributed by atoms with van der Waals surface area (Å²) in [6, 6.07) is 0. The van der Waals surface area contributed by atoms with Crippen molar-refractivity contribution in [3.63, 3.8) is 0 Å². The number of hydrogen-bond acceptors (Lipinski definition) is 1. The van der Waals surface area contributed by atoms with E-state index in [-0.39, 0.29) is 6.61 Å². The van der Waals surface area contributed by atoms with Gasteiger partial charge in [0.1, 0.15) is 0 Å². The minimum Gasteiger partial charge on any atom is -0.395 e. The fourth-order valence-corrected chi connectivity index (χ4v) is 0.181. The number of rotatable bonds is 1. The summed E-state index contributed by atoms with van der Waals surface area (Å²) >= 11 is 0. The largest absolute Gasteiger partial charge is 0.395 e. The van der Waals surface area contributed by atoms with Gasteiger partial charge in [-0.2, -0.15) is 0 Å². The zero-order chi connectivity index (χ0) is 4.83. The van der Waals surface area contributed by atoms with Gasteiger partial charge in [0.05, 0.1) is 6.61 Å². The Balaban J connectivity index is 2.79. The molecule has 0 rings (SSSR count). The Morgan fingerprint density at radius 2 is 2.33 bits per heavy atom. The molecule has 0 aliphatic heterocycles. The van der Waals surface area contributed by atoms with Crippen LogP contribution in [0, 0.1) is 11.8 Å². The van der Waals surface area contributed by atoms with Crippen LogP contribution in [0.2, 0.25) is 0 Å². The summed E-state index contributed by atoms with van der Waals surface area (Å²) in [5.74, 6) is 5.36. The molecule has 1 nitrogen and oxygen atoms in total. The van der Waals surface area contributed by atoms with Crippen LogP contribution in [-0.2, 0) is 0 Å². The summed E-state index contributed by atoms with van der Waals surface area (Å²) in [5, 5.41) is 8.09. The van der Waals surface area contributed by atoms with E-state index >= 15 is 0 Å². The Kier molecular flexibility index (Phi) is 4.16. The Hall–Kier alpha value is -0.480. The second-order valence-electron chi connectivity index (χ2n) is 0.900. The average molecular weight is 84.1 g/mol. The van der Waals surface area contributed by atoms with Crippen molar-refractivity contribution in [3.8, 4) is 11.8 Å². The fourth-order valence-electron chi connectivity index (χ4n) is 0.181. The third kappa shape index (κ3) is 3.52. The van der Waals surface area contributed by atoms with Gasteiger partial charge in [-0.15, -0.1) is 11.8 Å². The van der Waals surface area contributed by atoms with Crippen LogP contribution in [0.4, 0.5) is 0 Å². The molecule has 6 heavy (non-hydrogen) atoms. The lowest BCUT2D eigenvalue weighted by Crippen LogP contribution is -1.73. The van der Waals surface area contributed by atoms with Crippen molar-refractivity contribution < 1.29 is 5.11 Å². The van der Waals surface area contributed by atoms with E-state index in [1.807, 2.05) is 0 Å². The molecule has 0 aromatic heterocycles. The van der Waals surface area contributed by atoms with Crippen LogP contribution in [0.3, 0.4) is 0 Å². The predicted octanol–water partition coefficient (Wildman–Crippen LogP) is 0.392. The van der Waals surface area contributed by atoms with E-state index in [4.69, 9.17) is 5.11 Å². The molecule has 0 amide bonds. The summed E-state index contributed by atoms with van der Waals surface area (Å²) in [6.07, 6.45) is 0.608. The number of hydrogen-bond donors (Lipinski definition) is 1. The molecule has 0 bridgehead atoms. The lowest BCUT2D eigenvalue weighted by atomic mass is 10.5. The Bertz CT molecular complexity index is 65.7. The quantitative estimate of drug-likeness (QED) is 0.456. The molecule has 0 aromatic carbocycles. The minimum atomic E-state index is 0.181. The summed E-state index contributed by atoms with van der Waals surface area (Å²) in [5.41, 5.74) is 0. The van der Waals surface area contributed by atoms with Crippen molar-refractivity contribution in [2.75, 3.05) is 6.61 Å². The van der Waals surface area contributed by atoms with Crippen molar-refractivity contribution in [1.82, 2.24) is 0 Å². The summed E-state index contributed by atoms with van der Waals surface area (Å²) in [4.78, 5) is 0. The molecule has 0 fully saturated rings. The first-order valence-electron chi connectivity index (χ1n) is 1.92. The fraction of sp³-hybridized carbons (Fsp3) is 0.600. The van der Waals surface area contributed by atoms with Gasteiger partial charge in [0.2, 0.25) is 0 Å². The third-order valence-electron chi connectivity index (χ3n) is 0.414. The lowest BCUT2D eigenvalue weighted by molar-refractivity contribution is 0.305. The molecule has 0 aromatic rings. The SMILES string of the molecule is CC#CCCO. The Labute approximate surface area is 38.0 Å². The smallest absolute Gasteiger partial charge is 0.0540 e. The number of aliphatic hydroxyl groups excluding tert-OH is 1. The van der Waals surface area contributed by atoms with E-state index in [9.17, 15) is 0 Å². The maximum Gasteiger partial charge on any atom is 0.0540 e. The first-order chi connectivity index (χ1) is 2.91. The first-order valence-corrected chi connectivity index (χ1v) is 1.92. The van der Waals surface area contributed by atoms with Gasteiger partial charge in [-0.25, -0.2) is 0 Å². The van der Waals surface area contributed by atoms with Gasteiger partial charge in [0.25, 0.3) is 0 Å². The van der Waals surface area contributed by atoms with Crippen LogP contribution in [0.15, 0.2) is 0 Å². The highest BCUT2D eigenvalue weighted by Gasteiger charge is 1.64. The van der Waals surface area contributed by atoms with Gasteiger partial charge >= 0.3 is 0 Å². The van der Waals surface area contributed by atoms with Crippen molar-refractivity contribution in [1.29, 1.82) is 0 Å². The van der Waals surface area contributed by atoms with E-state index in [1.165, 1.54) is 0 Å². The summed E-state index contributed by atoms with van der Waals surface area (Å²) in [6.45, 7) is 1.94. The molecule has 0 aliphatic rings. The van der Waals surface area contributed by atoms with Gasteiger partial charge < -0.3 is 5.11 Å². The molecular formula is C5H8O. The molecule has 0 radical (unpaired) electrons. The van der Waals surface area contributed by atoms with Gasteiger partial charge in [-0.1, -0.05) is 0 Å². The van der Waals surface area contributed by atoms with Crippen molar-refractivity contribution >= 4 is 0 Å². The van der Waals surface area contributed by atoms with Crippen LogP contribution < -0.4 is 0 Å². The summed E-state index contributed by atoms with van der Waals surface area (Å²) < 4.78 is 0. The highest BCUT2D eigenvalue weighted by atomic mass is 16.2. The van der Waals surface area contributed by atoms with E-state index in [2.05, 4.69) is 11.8 Å². The molecule has 1 heteroatoms. The van der Waals surface area contributed by atoms with E-state index < -0.39 is 0 Å². The topological polar surface area (TPSA) is 20.2 Å². The van der Waals surface area contributed by atoms with Crippen LogP contribution in [0.1, 0.15) is 13.3 Å². The van der Waals surface area contributed by atoms with E-state index in [0.29, 0.717) is 6.42 Å². The van der Waals surface area contributed by atoms with Gasteiger partial charge in [-0.3, -0.25) is 0 Å². The van der Waals surface area contributed by atoms with E-state index in [0.717, 1.165) is 0 Å². The minimum absolute atomic E-state index is 0.181. The van der Waals surface area contributed by atoms with Crippen LogP contribution in [-0.4, -0.2) is 11.7 Å². The highest BCUT2D eigenvalue weighted by Crippen LogP contribution is 1.65. The second kappa shape index (κ2) is 4.52. The zero-order valence-corrected chi connectivity index (χ0v) is 3.86. The molecule has 0 aliphatic carbocycles. The van der Waals surface area contributed by atoms with Crippen LogP contribution >= 0.6 is 0 Å². The maximum atomic E-state index is 8.09. The maximum absolute atomic E-state index is 8.09. The number of aliphatic hydroxyl groups is 1. The Morgan fingerprint density at radius 1 is 1.67 bits per heavy atom. The van der Waals surface area contributed by atoms with Crippen molar-refractivity contribution in [2.24, 2.45) is 0 Å². The molecule has 0 spiro atoms. The van der Waals surface area contributed by atoms with Crippen LogP contribution in [0.5, 0.6) is 0 Å². The molecule has 0 saturated carbocycles. The van der Waals surface area contributed by atoms with Crippen molar-refractivity contribution in [2.45, 2.75) is 13.3 Å². The predicted molar refractivity (Wildman–Crippen MR) is 25.2 cm³/mol. The molecule has 1 N–H and O–H groups in total. The molecule has 0 heterocycles. The summed E-state index contributed by atoms with van der Waals surface area (Å²) in [7, 11) is 0. The highest BCUT2D eigenvalue weighted by molar-refractivity contribution is 4.94. The van der Waals surface area contributed by atoms with Crippen LogP contribution in [0.25, 0.3) is 0 Å². The standard InChI is InChI=1S/C5H8O/c1-2-3-4-5-6/h6H,4-5H2,1H3.